The number of hydrogen-bond acceptors (Lipinski definition) is 6. The molecule has 1 aliphatic heterocycles. The van der Waals surface area contributed by atoms with Crippen LogP contribution >= 0.6 is 0 Å². The number of nitrogens with zero attached hydrogens (tertiary/aromatic N) is 4. The van der Waals surface area contributed by atoms with E-state index in [1.165, 1.54) is 11.1 Å². The van der Waals surface area contributed by atoms with Crippen molar-refractivity contribution in [2.45, 2.75) is 26.8 Å². The van der Waals surface area contributed by atoms with Gasteiger partial charge in [-0.15, -0.1) is 0 Å². The predicted octanol–water partition coefficient (Wildman–Crippen LogP) is 5.81. The van der Waals surface area contributed by atoms with Gasteiger partial charge in [-0.2, -0.15) is 0 Å². The summed E-state index contributed by atoms with van der Waals surface area (Å²) in [5, 5.41) is 0. The lowest BCUT2D eigenvalue weighted by atomic mass is 9.96. The highest BCUT2D eigenvalue weighted by Gasteiger charge is 2.32. The van der Waals surface area contributed by atoms with Crippen LogP contribution in [0.1, 0.15) is 57.6 Å². The van der Waals surface area contributed by atoms with Crippen LogP contribution in [0.4, 0.5) is 0 Å². The molecule has 4 aromatic rings. The number of aromatic nitrogens is 2. The molecule has 7 nitrogen and oxygen atoms in total. The third-order valence-corrected chi connectivity index (χ3v) is 7.27. The number of carbonyl (C=O) groups is 2. The van der Waals surface area contributed by atoms with E-state index in [2.05, 4.69) is 63.4 Å². The molecule has 1 aliphatic rings. The molecule has 0 radical (unpaired) electrons. The Hall–Kier alpha value is -4.36. The summed E-state index contributed by atoms with van der Waals surface area (Å²) < 4.78 is 5.54. The number of amides is 1. The van der Waals surface area contributed by atoms with E-state index in [1.54, 1.807) is 11.8 Å². The van der Waals surface area contributed by atoms with Gasteiger partial charge in [0.05, 0.1) is 18.3 Å². The quantitative estimate of drug-likeness (QED) is 0.259. The van der Waals surface area contributed by atoms with Gasteiger partial charge in [-0.25, -0.2) is 14.8 Å². The van der Waals surface area contributed by atoms with E-state index in [4.69, 9.17) is 4.74 Å². The van der Waals surface area contributed by atoms with Crippen LogP contribution in [-0.2, 0) is 4.74 Å². The van der Waals surface area contributed by atoms with E-state index in [0.29, 0.717) is 37.7 Å². The van der Waals surface area contributed by atoms with Crippen LogP contribution in [-0.4, -0.2) is 64.4 Å². The van der Waals surface area contributed by atoms with Gasteiger partial charge in [-0.3, -0.25) is 9.69 Å². The molecule has 0 unspecified atom stereocenters. The van der Waals surface area contributed by atoms with E-state index in [-0.39, 0.29) is 35.7 Å². The van der Waals surface area contributed by atoms with Gasteiger partial charge >= 0.3 is 5.97 Å². The van der Waals surface area contributed by atoms with E-state index in [9.17, 15) is 9.59 Å². The number of rotatable bonds is 8. The summed E-state index contributed by atoms with van der Waals surface area (Å²) in [5.41, 5.74) is 3.89. The minimum atomic E-state index is -0.564. The Bertz CT molecular complexity index is 1430. The van der Waals surface area contributed by atoms with Gasteiger partial charge in [-0.05, 0) is 24.0 Å². The summed E-state index contributed by atoms with van der Waals surface area (Å²) in [6.45, 7) is 8.33. The van der Waals surface area contributed by atoms with Crippen LogP contribution in [0.2, 0.25) is 0 Å². The molecule has 0 atom stereocenters. The van der Waals surface area contributed by atoms with Crippen LogP contribution in [0.25, 0.3) is 11.4 Å². The molecule has 7 heteroatoms. The maximum absolute atomic E-state index is 14.0. The lowest BCUT2D eigenvalue weighted by Crippen LogP contribution is -2.50. The number of piperazine rings is 1. The standard InChI is InChI=1S/C34H36N4O3/c1-24(2)23-41-34(40)29-25(3)35-32(28-17-11-6-12-18-28)36-30(29)33(39)38-21-19-37(20-22-38)31(26-13-7-4-8-14-26)27-15-9-5-10-16-27/h4-18,24,31H,19-23H2,1-3H3. The van der Waals surface area contributed by atoms with Crippen molar-refractivity contribution >= 4 is 11.9 Å². The van der Waals surface area contributed by atoms with Gasteiger partial charge in [0.2, 0.25) is 0 Å². The van der Waals surface area contributed by atoms with Crippen molar-refractivity contribution in [1.82, 2.24) is 19.8 Å². The minimum absolute atomic E-state index is 0.0854. The number of carbonyl (C=O) groups excluding carboxylic acids is 2. The second kappa shape index (κ2) is 12.9. The summed E-state index contributed by atoms with van der Waals surface area (Å²) >= 11 is 0. The minimum Gasteiger partial charge on any atom is -0.462 e. The van der Waals surface area contributed by atoms with Crippen molar-refractivity contribution in [3.63, 3.8) is 0 Å². The molecule has 0 aliphatic carbocycles. The number of ether oxygens (including phenoxy) is 1. The molecule has 0 bridgehead atoms. The SMILES string of the molecule is Cc1nc(-c2ccccc2)nc(C(=O)N2CCN(C(c3ccccc3)c3ccccc3)CC2)c1C(=O)OCC(C)C. The zero-order valence-corrected chi connectivity index (χ0v) is 23.9. The largest absolute Gasteiger partial charge is 0.462 e. The first-order valence-corrected chi connectivity index (χ1v) is 14.2. The van der Waals surface area contributed by atoms with E-state index in [0.717, 1.165) is 5.56 Å². The Morgan fingerprint density at radius 3 is 1.85 bits per heavy atom. The lowest BCUT2D eigenvalue weighted by molar-refractivity contribution is 0.0444. The van der Waals surface area contributed by atoms with Crippen molar-refractivity contribution in [2.24, 2.45) is 5.92 Å². The highest BCUT2D eigenvalue weighted by atomic mass is 16.5. The maximum Gasteiger partial charge on any atom is 0.342 e. The molecular formula is C34H36N4O3. The Kier molecular flexibility index (Phi) is 8.85. The van der Waals surface area contributed by atoms with Crippen LogP contribution < -0.4 is 0 Å². The van der Waals surface area contributed by atoms with Gasteiger partial charge in [0, 0.05) is 31.7 Å². The topological polar surface area (TPSA) is 75.6 Å². The zero-order valence-electron chi connectivity index (χ0n) is 23.9. The average Bonchev–Trinajstić information content (AvgIpc) is 3.01. The molecule has 41 heavy (non-hydrogen) atoms. The van der Waals surface area contributed by atoms with Crippen molar-refractivity contribution in [1.29, 1.82) is 0 Å². The fourth-order valence-electron chi connectivity index (χ4n) is 5.22. The highest BCUT2D eigenvalue weighted by Crippen LogP contribution is 2.30. The lowest BCUT2D eigenvalue weighted by Gasteiger charge is -2.39. The number of esters is 1. The third-order valence-electron chi connectivity index (χ3n) is 7.27. The van der Waals surface area contributed by atoms with Gasteiger partial charge in [0.25, 0.3) is 5.91 Å². The summed E-state index contributed by atoms with van der Waals surface area (Å²) in [5.74, 6) is -0.261. The number of aryl methyl sites for hydroxylation is 1. The zero-order chi connectivity index (χ0) is 28.8. The van der Waals surface area contributed by atoms with E-state index >= 15 is 0 Å². The average molecular weight is 549 g/mol. The summed E-state index contributed by atoms with van der Waals surface area (Å²) in [4.78, 5) is 40.7. The smallest absolute Gasteiger partial charge is 0.342 e. The molecule has 0 spiro atoms. The molecule has 0 N–H and O–H groups in total. The fraction of sp³-hybridized carbons (Fsp3) is 0.294. The maximum atomic E-state index is 14.0. The fourth-order valence-corrected chi connectivity index (χ4v) is 5.22. The van der Waals surface area contributed by atoms with Gasteiger partial charge < -0.3 is 9.64 Å². The molecular weight excluding hydrogens is 512 g/mol. The first-order chi connectivity index (χ1) is 19.9. The Labute approximate surface area is 241 Å². The van der Waals surface area contributed by atoms with Crippen LogP contribution in [0, 0.1) is 12.8 Å². The normalized spacial score (nSPS) is 13.9. The van der Waals surface area contributed by atoms with Crippen molar-refractivity contribution in [2.75, 3.05) is 32.8 Å². The third kappa shape index (κ3) is 6.52. The molecule has 1 aromatic heterocycles. The molecule has 5 rings (SSSR count). The summed E-state index contributed by atoms with van der Waals surface area (Å²) in [7, 11) is 0. The molecule has 3 aromatic carbocycles. The van der Waals surface area contributed by atoms with Gasteiger partial charge in [0.15, 0.2) is 5.82 Å². The summed E-state index contributed by atoms with van der Waals surface area (Å²) in [6, 6.07) is 30.5. The first kappa shape index (κ1) is 28.2. The van der Waals surface area contributed by atoms with Crippen molar-refractivity contribution < 1.29 is 14.3 Å². The molecule has 1 fully saturated rings. The van der Waals surface area contributed by atoms with E-state index in [1.807, 2.05) is 56.3 Å². The van der Waals surface area contributed by atoms with Crippen molar-refractivity contribution in [3.8, 4) is 11.4 Å². The molecule has 1 saturated heterocycles. The molecule has 2 heterocycles. The van der Waals surface area contributed by atoms with Gasteiger partial charge in [0.1, 0.15) is 11.3 Å². The second-order valence-corrected chi connectivity index (χ2v) is 10.8. The van der Waals surface area contributed by atoms with Crippen LogP contribution in [0.5, 0.6) is 0 Å². The predicted molar refractivity (Wildman–Crippen MR) is 160 cm³/mol. The highest BCUT2D eigenvalue weighted by molar-refractivity contribution is 6.05. The molecule has 210 valence electrons. The number of hydrogen-bond donors (Lipinski definition) is 0. The molecule has 1 amide bonds. The number of benzene rings is 3. The van der Waals surface area contributed by atoms with Crippen molar-refractivity contribution in [3.05, 3.63) is 119 Å². The molecule has 0 saturated carbocycles. The van der Waals surface area contributed by atoms with Crippen LogP contribution in [0.15, 0.2) is 91.0 Å². The van der Waals surface area contributed by atoms with Gasteiger partial charge in [-0.1, -0.05) is 105 Å². The Balaban J connectivity index is 1.42. The Morgan fingerprint density at radius 2 is 1.32 bits per heavy atom. The first-order valence-electron chi connectivity index (χ1n) is 14.2. The van der Waals surface area contributed by atoms with Crippen LogP contribution in [0.3, 0.4) is 0 Å². The monoisotopic (exact) mass is 548 g/mol. The summed E-state index contributed by atoms with van der Waals surface area (Å²) in [6.07, 6.45) is 0. The second-order valence-electron chi connectivity index (χ2n) is 10.8. The Morgan fingerprint density at radius 1 is 0.780 bits per heavy atom. The van der Waals surface area contributed by atoms with E-state index < -0.39 is 5.97 Å².